The summed E-state index contributed by atoms with van der Waals surface area (Å²) in [6, 6.07) is 14.5. The molecule has 0 unspecified atom stereocenters. The van der Waals surface area contributed by atoms with E-state index >= 15 is 0 Å². The second-order valence-corrected chi connectivity index (χ2v) is 5.90. The van der Waals surface area contributed by atoms with E-state index in [0.29, 0.717) is 6.42 Å². The molecule has 1 N–H and O–H groups in total. The molecule has 1 aromatic heterocycles. The highest BCUT2D eigenvalue weighted by Gasteiger charge is 2.01. The number of thiophene rings is 1. The lowest BCUT2D eigenvalue weighted by Crippen LogP contribution is -2.25. The van der Waals surface area contributed by atoms with Gasteiger partial charge in [0, 0.05) is 17.8 Å². The summed E-state index contributed by atoms with van der Waals surface area (Å²) in [6.07, 6.45) is 4.69. The molecule has 0 saturated heterocycles. The second kappa shape index (κ2) is 8.54. The lowest BCUT2D eigenvalue weighted by Gasteiger charge is -2.05. The third kappa shape index (κ3) is 5.57. The lowest BCUT2D eigenvalue weighted by atomic mass is 10.1. The molecule has 0 aliphatic carbocycles. The molecule has 20 heavy (non-hydrogen) atoms. The van der Waals surface area contributed by atoms with Crippen LogP contribution in [0.5, 0.6) is 0 Å². The molecule has 1 heterocycles. The first-order valence-corrected chi connectivity index (χ1v) is 8.05. The molecule has 0 radical (unpaired) electrons. The fourth-order valence-corrected chi connectivity index (χ4v) is 2.87. The maximum absolute atomic E-state index is 11.7. The Kier molecular flexibility index (Phi) is 6.32. The van der Waals surface area contributed by atoms with Crippen LogP contribution in [0.2, 0.25) is 0 Å². The monoisotopic (exact) mass is 287 g/mol. The van der Waals surface area contributed by atoms with Gasteiger partial charge in [0.15, 0.2) is 0 Å². The number of aryl methyl sites for hydroxylation is 1. The number of unbranched alkanes of at least 4 members (excludes halogenated alkanes) is 1. The van der Waals surface area contributed by atoms with Crippen LogP contribution in [0.15, 0.2) is 47.8 Å². The highest BCUT2D eigenvalue weighted by atomic mass is 32.1. The minimum atomic E-state index is 0.173. The molecule has 0 spiro atoms. The van der Waals surface area contributed by atoms with Crippen LogP contribution >= 0.6 is 11.3 Å². The maximum Gasteiger partial charge on any atom is 0.220 e. The summed E-state index contributed by atoms with van der Waals surface area (Å²) in [5, 5.41) is 5.09. The SMILES string of the molecule is O=C(CCCCc1cccs1)NCCc1ccccc1. The summed E-state index contributed by atoms with van der Waals surface area (Å²) in [7, 11) is 0. The zero-order chi connectivity index (χ0) is 14.0. The van der Waals surface area contributed by atoms with Gasteiger partial charge in [-0.3, -0.25) is 4.79 Å². The van der Waals surface area contributed by atoms with Gasteiger partial charge in [0.25, 0.3) is 0 Å². The smallest absolute Gasteiger partial charge is 0.220 e. The Labute approximate surface area is 124 Å². The number of hydrogen-bond acceptors (Lipinski definition) is 2. The van der Waals surface area contributed by atoms with Crippen LogP contribution in [0.4, 0.5) is 0 Å². The first-order chi connectivity index (χ1) is 9.84. The summed E-state index contributed by atoms with van der Waals surface area (Å²) >= 11 is 1.79. The van der Waals surface area contributed by atoms with Crippen LogP contribution in [0.1, 0.15) is 29.7 Å². The van der Waals surface area contributed by atoms with Gasteiger partial charge in [-0.15, -0.1) is 11.3 Å². The van der Waals surface area contributed by atoms with E-state index in [4.69, 9.17) is 0 Å². The molecule has 2 aromatic rings. The summed E-state index contributed by atoms with van der Waals surface area (Å²) < 4.78 is 0. The van der Waals surface area contributed by atoms with Gasteiger partial charge >= 0.3 is 0 Å². The largest absolute Gasteiger partial charge is 0.356 e. The van der Waals surface area contributed by atoms with Crippen molar-refractivity contribution in [1.82, 2.24) is 5.32 Å². The van der Waals surface area contributed by atoms with E-state index in [1.807, 2.05) is 18.2 Å². The van der Waals surface area contributed by atoms with Crippen molar-refractivity contribution in [2.24, 2.45) is 0 Å². The number of rotatable bonds is 8. The Bertz CT molecular complexity index is 493. The van der Waals surface area contributed by atoms with Gasteiger partial charge in [-0.25, -0.2) is 0 Å². The lowest BCUT2D eigenvalue weighted by molar-refractivity contribution is -0.121. The van der Waals surface area contributed by atoms with Gasteiger partial charge < -0.3 is 5.32 Å². The molecule has 0 atom stereocenters. The molecular weight excluding hydrogens is 266 g/mol. The van der Waals surface area contributed by atoms with Crippen molar-refractivity contribution < 1.29 is 4.79 Å². The van der Waals surface area contributed by atoms with Crippen molar-refractivity contribution in [1.29, 1.82) is 0 Å². The number of hydrogen-bond donors (Lipinski definition) is 1. The predicted octanol–water partition coefficient (Wildman–Crippen LogP) is 3.82. The highest BCUT2D eigenvalue weighted by Crippen LogP contribution is 2.12. The quantitative estimate of drug-likeness (QED) is 0.735. The Morgan fingerprint density at radius 2 is 1.85 bits per heavy atom. The van der Waals surface area contributed by atoms with E-state index in [9.17, 15) is 4.79 Å². The van der Waals surface area contributed by atoms with E-state index < -0.39 is 0 Å². The summed E-state index contributed by atoms with van der Waals surface area (Å²) in [6.45, 7) is 0.730. The fraction of sp³-hybridized carbons (Fsp3) is 0.353. The molecule has 106 valence electrons. The standard InChI is InChI=1S/C17H21NOS/c19-17(11-5-4-9-16-10-6-14-20-16)18-13-12-15-7-2-1-3-8-15/h1-3,6-8,10,14H,4-5,9,11-13H2,(H,18,19). The average molecular weight is 287 g/mol. The van der Waals surface area contributed by atoms with Crippen molar-refractivity contribution in [3.05, 3.63) is 58.3 Å². The molecule has 1 aromatic carbocycles. The number of nitrogens with one attached hydrogen (secondary N) is 1. The van der Waals surface area contributed by atoms with Crippen molar-refractivity contribution in [3.63, 3.8) is 0 Å². The summed E-state index contributed by atoms with van der Waals surface area (Å²) in [4.78, 5) is 13.1. The number of carbonyl (C=O) groups is 1. The number of carbonyl (C=O) groups excluding carboxylic acids is 1. The van der Waals surface area contributed by atoms with Crippen LogP contribution in [-0.4, -0.2) is 12.5 Å². The number of benzene rings is 1. The van der Waals surface area contributed by atoms with Gasteiger partial charge in [0.1, 0.15) is 0 Å². The molecular formula is C17H21NOS. The Balaban J connectivity index is 1.52. The van der Waals surface area contributed by atoms with E-state index in [2.05, 4.69) is 35.0 Å². The Morgan fingerprint density at radius 1 is 1.00 bits per heavy atom. The van der Waals surface area contributed by atoms with E-state index in [-0.39, 0.29) is 5.91 Å². The second-order valence-electron chi connectivity index (χ2n) is 4.87. The van der Waals surface area contributed by atoms with Crippen molar-refractivity contribution >= 4 is 17.2 Å². The molecule has 0 aliphatic rings. The molecule has 1 amide bonds. The third-order valence-corrected chi connectivity index (χ3v) is 4.17. The van der Waals surface area contributed by atoms with Crippen LogP contribution in [-0.2, 0) is 17.6 Å². The van der Waals surface area contributed by atoms with E-state index in [1.165, 1.54) is 10.4 Å². The van der Waals surface area contributed by atoms with E-state index in [0.717, 1.165) is 32.2 Å². The minimum Gasteiger partial charge on any atom is -0.356 e. The van der Waals surface area contributed by atoms with Gasteiger partial charge in [-0.2, -0.15) is 0 Å². The Morgan fingerprint density at radius 3 is 2.60 bits per heavy atom. The third-order valence-electron chi connectivity index (χ3n) is 3.24. The fourth-order valence-electron chi connectivity index (χ4n) is 2.12. The number of amides is 1. The zero-order valence-electron chi connectivity index (χ0n) is 11.7. The molecule has 0 fully saturated rings. The zero-order valence-corrected chi connectivity index (χ0v) is 12.5. The molecule has 2 rings (SSSR count). The van der Waals surface area contributed by atoms with Crippen molar-refractivity contribution in [3.8, 4) is 0 Å². The Hall–Kier alpha value is -1.61. The van der Waals surface area contributed by atoms with Gasteiger partial charge in [0.05, 0.1) is 0 Å². The van der Waals surface area contributed by atoms with Crippen LogP contribution in [0, 0.1) is 0 Å². The van der Waals surface area contributed by atoms with Crippen LogP contribution < -0.4 is 5.32 Å². The van der Waals surface area contributed by atoms with Gasteiger partial charge in [-0.05, 0) is 42.7 Å². The molecule has 0 aliphatic heterocycles. The van der Waals surface area contributed by atoms with Gasteiger partial charge in [-0.1, -0.05) is 36.4 Å². The van der Waals surface area contributed by atoms with Gasteiger partial charge in [0.2, 0.25) is 5.91 Å². The molecule has 2 nitrogen and oxygen atoms in total. The van der Waals surface area contributed by atoms with Crippen molar-refractivity contribution in [2.75, 3.05) is 6.54 Å². The van der Waals surface area contributed by atoms with Crippen LogP contribution in [0.25, 0.3) is 0 Å². The van der Waals surface area contributed by atoms with Crippen molar-refractivity contribution in [2.45, 2.75) is 32.1 Å². The molecule has 0 saturated carbocycles. The average Bonchev–Trinajstić information content (AvgIpc) is 2.98. The molecule has 0 bridgehead atoms. The maximum atomic E-state index is 11.7. The predicted molar refractivity (Wildman–Crippen MR) is 85.0 cm³/mol. The highest BCUT2D eigenvalue weighted by molar-refractivity contribution is 7.09. The molecule has 3 heteroatoms. The van der Waals surface area contributed by atoms with E-state index in [1.54, 1.807) is 11.3 Å². The van der Waals surface area contributed by atoms with Crippen LogP contribution in [0.3, 0.4) is 0 Å². The summed E-state index contributed by atoms with van der Waals surface area (Å²) in [5.74, 6) is 0.173. The summed E-state index contributed by atoms with van der Waals surface area (Å²) in [5.41, 5.74) is 1.27. The first-order valence-electron chi connectivity index (χ1n) is 7.17. The minimum absolute atomic E-state index is 0.173. The normalized spacial score (nSPS) is 10.4. The topological polar surface area (TPSA) is 29.1 Å². The first kappa shape index (κ1) is 14.8.